The van der Waals surface area contributed by atoms with Gasteiger partial charge in [-0.3, -0.25) is 20.9 Å². The number of hydrogen-bond donors (Lipinski definition) is 4. The average molecular weight is 208 g/mol. The Labute approximate surface area is 75.3 Å². The second kappa shape index (κ2) is 4.19. The Morgan fingerprint density at radius 3 is 2.31 bits per heavy atom. The van der Waals surface area contributed by atoms with Crippen molar-refractivity contribution in [3.05, 3.63) is 5.92 Å². The van der Waals surface area contributed by atoms with Crippen molar-refractivity contribution in [1.82, 2.24) is 5.48 Å². The molecule has 0 aromatic rings. The number of carbonyl (C=O) groups excluding carboxylic acids is 1. The first-order valence-corrected chi connectivity index (χ1v) is 5.16. The zero-order chi connectivity index (χ0) is 10.6. The summed E-state index contributed by atoms with van der Waals surface area (Å²) in [7, 11) is -3.45. The van der Waals surface area contributed by atoms with E-state index >= 15 is 0 Å². The lowest BCUT2D eigenvalue weighted by Crippen LogP contribution is -2.39. The van der Waals surface area contributed by atoms with Crippen LogP contribution in [0.2, 0.25) is 0 Å². The third-order valence-corrected chi connectivity index (χ3v) is 1.93. The number of sulfone groups is 1. The highest BCUT2D eigenvalue weighted by Crippen LogP contribution is 2.03. The lowest BCUT2D eigenvalue weighted by atomic mass is 10.1. The first-order valence-electron chi connectivity index (χ1n) is 3.10. The molecule has 8 heteroatoms. The van der Waals surface area contributed by atoms with Gasteiger partial charge in [0.15, 0.2) is 0 Å². The Bertz CT molecular complexity index is 310. The summed E-state index contributed by atoms with van der Waals surface area (Å²) in [5.74, 6) is -2.92. The molecule has 0 bridgehead atoms. The van der Waals surface area contributed by atoms with Crippen LogP contribution in [-0.4, -0.2) is 37.4 Å². The summed E-state index contributed by atoms with van der Waals surface area (Å²) >= 11 is 0. The van der Waals surface area contributed by atoms with Crippen LogP contribution in [0, 0.1) is 11.3 Å². The molecule has 0 atom stereocenters. The molecule has 5 N–H and O–H groups in total. The standard InChI is InChI=1S/C5H10N3O4S/c1-13(11,12)2-3(5(7)9)4(6)8-10/h10H,2H2,1H3,(H2,6,8)(H2,7,9). The van der Waals surface area contributed by atoms with Crippen molar-refractivity contribution in [1.29, 1.82) is 5.41 Å². The number of primary amides is 1. The molecule has 0 spiro atoms. The number of amidine groups is 1. The van der Waals surface area contributed by atoms with E-state index in [2.05, 4.69) is 0 Å². The predicted molar refractivity (Wildman–Crippen MR) is 44.8 cm³/mol. The van der Waals surface area contributed by atoms with Gasteiger partial charge in [0.2, 0.25) is 5.91 Å². The fourth-order valence-electron chi connectivity index (χ4n) is 0.596. The van der Waals surface area contributed by atoms with Gasteiger partial charge in [-0.2, -0.15) is 0 Å². The zero-order valence-electron chi connectivity index (χ0n) is 6.86. The monoisotopic (exact) mass is 208 g/mol. The van der Waals surface area contributed by atoms with Crippen LogP contribution in [0.4, 0.5) is 0 Å². The molecule has 0 fully saturated rings. The molecule has 0 aromatic heterocycles. The number of nitrogens with one attached hydrogen (secondary N) is 2. The van der Waals surface area contributed by atoms with Gasteiger partial charge in [-0.25, -0.2) is 8.42 Å². The molecule has 0 aliphatic heterocycles. The second-order valence-electron chi connectivity index (χ2n) is 2.40. The first kappa shape index (κ1) is 11.8. The molecular formula is C5H10N3O4S. The lowest BCUT2D eigenvalue weighted by Gasteiger charge is -2.10. The molecule has 0 unspecified atom stereocenters. The van der Waals surface area contributed by atoms with Gasteiger partial charge in [0.25, 0.3) is 0 Å². The van der Waals surface area contributed by atoms with Gasteiger partial charge in [0, 0.05) is 6.26 Å². The van der Waals surface area contributed by atoms with Crippen LogP contribution in [-0.2, 0) is 14.6 Å². The van der Waals surface area contributed by atoms with Crippen LogP contribution >= 0.6 is 0 Å². The molecule has 7 nitrogen and oxygen atoms in total. The van der Waals surface area contributed by atoms with Crippen LogP contribution in [0.5, 0.6) is 0 Å². The minimum Gasteiger partial charge on any atom is -0.369 e. The van der Waals surface area contributed by atoms with E-state index < -0.39 is 33.3 Å². The van der Waals surface area contributed by atoms with Crippen molar-refractivity contribution in [2.75, 3.05) is 12.0 Å². The van der Waals surface area contributed by atoms with Crippen molar-refractivity contribution in [2.24, 2.45) is 5.73 Å². The summed E-state index contributed by atoms with van der Waals surface area (Å²) in [5, 5.41) is 15.2. The molecule has 1 radical (unpaired) electrons. The maximum absolute atomic E-state index is 10.7. The van der Waals surface area contributed by atoms with Crippen LogP contribution in [0.1, 0.15) is 0 Å². The largest absolute Gasteiger partial charge is 0.369 e. The molecule has 0 heterocycles. The summed E-state index contributed by atoms with van der Waals surface area (Å²) in [6.45, 7) is 0. The van der Waals surface area contributed by atoms with Gasteiger partial charge in [-0.15, -0.1) is 0 Å². The van der Waals surface area contributed by atoms with Crippen molar-refractivity contribution < 1.29 is 18.4 Å². The third kappa shape index (κ3) is 4.43. The van der Waals surface area contributed by atoms with E-state index in [4.69, 9.17) is 16.4 Å². The van der Waals surface area contributed by atoms with Crippen LogP contribution in [0.25, 0.3) is 0 Å². The van der Waals surface area contributed by atoms with Gasteiger partial charge < -0.3 is 5.73 Å². The van der Waals surface area contributed by atoms with Crippen LogP contribution in [0.15, 0.2) is 0 Å². The first-order chi connectivity index (χ1) is 5.78. The highest BCUT2D eigenvalue weighted by Gasteiger charge is 2.26. The highest BCUT2D eigenvalue weighted by atomic mass is 32.2. The summed E-state index contributed by atoms with van der Waals surface area (Å²) in [4.78, 5) is 10.6. The Morgan fingerprint density at radius 1 is 1.62 bits per heavy atom. The Hall–Kier alpha value is -1.15. The van der Waals surface area contributed by atoms with Gasteiger partial charge in [0.1, 0.15) is 21.6 Å². The molecule has 0 aliphatic rings. The number of amides is 1. The maximum Gasteiger partial charge on any atom is 0.233 e. The molecular weight excluding hydrogens is 198 g/mol. The van der Waals surface area contributed by atoms with Crippen molar-refractivity contribution >= 4 is 21.6 Å². The predicted octanol–water partition coefficient (Wildman–Crippen LogP) is -1.95. The normalized spacial score (nSPS) is 11.3. The SMILES string of the molecule is CS(=O)(=O)C[C](C(=N)NO)C(N)=O. The van der Waals surface area contributed by atoms with Crippen molar-refractivity contribution in [3.8, 4) is 0 Å². The van der Waals surface area contributed by atoms with Gasteiger partial charge in [0.05, 0.1) is 5.75 Å². The Kier molecular flexibility index (Phi) is 3.82. The number of hydroxylamine groups is 1. The fraction of sp³-hybridized carbons (Fsp3) is 0.400. The molecule has 75 valence electrons. The summed E-state index contributed by atoms with van der Waals surface area (Å²) in [6, 6.07) is 0. The number of carbonyl (C=O) groups is 1. The summed E-state index contributed by atoms with van der Waals surface area (Å²) < 4.78 is 21.5. The minimum atomic E-state index is -3.45. The Morgan fingerprint density at radius 2 is 2.08 bits per heavy atom. The minimum absolute atomic E-state index is 0.481. The number of hydrogen-bond acceptors (Lipinski definition) is 5. The van der Waals surface area contributed by atoms with E-state index in [-0.39, 0.29) is 0 Å². The molecule has 1 amide bonds. The molecule has 0 aromatic carbocycles. The van der Waals surface area contributed by atoms with Crippen LogP contribution < -0.4 is 11.2 Å². The van der Waals surface area contributed by atoms with E-state index in [1.807, 2.05) is 0 Å². The smallest absolute Gasteiger partial charge is 0.233 e. The topological polar surface area (TPSA) is 133 Å². The fourth-order valence-corrected chi connectivity index (χ4v) is 1.41. The van der Waals surface area contributed by atoms with E-state index in [1.54, 1.807) is 0 Å². The molecule has 0 saturated carbocycles. The third-order valence-electron chi connectivity index (χ3n) is 1.12. The number of nitrogens with two attached hydrogens (primary N) is 1. The second-order valence-corrected chi connectivity index (χ2v) is 4.54. The van der Waals surface area contributed by atoms with E-state index in [0.717, 1.165) is 6.26 Å². The average Bonchev–Trinajstić information content (AvgIpc) is 1.96. The lowest BCUT2D eigenvalue weighted by molar-refractivity contribution is -0.115. The van der Waals surface area contributed by atoms with E-state index in [0.29, 0.717) is 0 Å². The van der Waals surface area contributed by atoms with Gasteiger partial charge in [-0.1, -0.05) is 0 Å². The number of rotatable bonds is 4. The van der Waals surface area contributed by atoms with Gasteiger partial charge >= 0.3 is 0 Å². The van der Waals surface area contributed by atoms with Gasteiger partial charge in [-0.05, 0) is 0 Å². The van der Waals surface area contributed by atoms with E-state index in [9.17, 15) is 13.2 Å². The molecule has 13 heavy (non-hydrogen) atoms. The summed E-state index contributed by atoms with van der Waals surface area (Å²) in [5.41, 5.74) is 6.14. The molecule has 0 saturated heterocycles. The zero-order valence-corrected chi connectivity index (χ0v) is 7.68. The van der Waals surface area contributed by atoms with E-state index in [1.165, 1.54) is 5.48 Å². The highest BCUT2D eigenvalue weighted by molar-refractivity contribution is 7.90. The van der Waals surface area contributed by atoms with Crippen molar-refractivity contribution in [3.63, 3.8) is 0 Å². The quantitative estimate of drug-likeness (QED) is 0.242. The Balaban J connectivity index is 4.65. The molecule has 0 rings (SSSR count). The summed E-state index contributed by atoms with van der Waals surface area (Å²) in [6.07, 6.45) is 0.889. The van der Waals surface area contributed by atoms with Crippen LogP contribution in [0.3, 0.4) is 0 Å². The molecule has 0 aliphatic carbocycles. The maximum atomic E-state index is 10.7. The van der Waals surface area contributed by atoms with Crippen molar-refractivity contribution in [2.45, 2.75) is 0 Å².